The van der Waals surface area contributed by atoms with Crippen molar-refractivity contribution in [2.24, 2.45) is 28.1 Å². The van der Waals surface area contributed by atoms with Crippen LogP contribution in [0.2, 0.25) is 0 Å². The first-order chi connectivity index (χ1) is 17.3. The van der Waals surface area contributed by atoms with Gasteiger partial charge in [0, 0.05) is 13.0 Å². The zero-order valence-corrected chi connectivity index (χ0v) is 22.4. The lowest BCUT2D eigenvalue weighted by atomic mass is 10.0. The van der Waals surface area contributed by atoms with E-state index in [0.29, 0.717) is 18.6 Å². The van der Waals surface area contributed by atoms with Gasteiger partial charge in [0.1, 0.15) is 18.1 Å². The largest absolute Gasteiger partial charge is 0.481 e. The van der Waals surface area contributed by atoms with Crippen molar-refractivity contribution in [3.63, 3.8) is 0 Å². The van der Waals surface area contributed by atoms with Gasteiger partial charge in [0.2, 0.25) is 17.7 Å². The summed E-state index contributed by atoms with van der Waals surface area (Å²) >= 11 is 1.41. The molecule has 11 N–H and O–H groups in total. The fourth-order valence-electron chi connectivity index (χ4n) is 3.24. The summed E-state index contributed by atoms with van der Waals surface area (Å²) in [5.41, 5.74) is 16.6. The molecule has 0 saturated heterocycles. The first kappa shape index (κ1) is 33.9. The first-order valence-electron chi connectivity index (χ1n) is 11.9. The number of nitrogens with two attached hydrogens (primary N) is 3. The molecule has 14 nitrogen and oxygen atoms in total. The fourth-order valence-corrected chi connectivity index (χ4v) is 3.71. The number of hydrogen-bond acceptors (Lipinski definition) is 8. The monoisotopic (exact) mass is 547 g/mol. The SMILES string of the molecule is CSCCC(NC(=O)C(CCCN=C(N)N)NC(=O)C(N)CC(C)C)C(=O)NC(CCC(=O)O)C(=O)O. The van der Waals surface area contributed by atoms with E-state index in [1.54, 1.807) is 6.26 Å². The number of nitrogens with one attached hydrogen (secondary N) is 3. The van der Waals surface area contributed by atoms with Gasteiger partial charge in [0.05, 0.1) is 6.04 Å². The summed E-state index contributed by atoms with van der Waals surface area (Å²) < 4.78 is 0. The minimum absolute atomic E-state index is 0.117. The molecule has 0 fully saturated rings. The highest BCUT2D eigenvalue weighted by molar-refractivity contribution is 7.98. The Morgan fingerprint density at radius 1 is 0.865 bits per heavy atom. The number of nitrogens with zero attached hydrogens (tertiary/aromatic N) is 1. The maximum Gasteiger partial charge on any atom is 0.326 e. The summed E-state index contributed by atoms with van der Waals surface area (Å²) in [7, 11) is 0. The summed E-state index contributed by atoms with van der Waals surface area (Å²) in [4.78, 5) is 64.7. The number of carbonyl (C=O) groups is 5. The lowest BCUT2D eigenvalue weighted by Gasteiger charge is -2.25. The Labute approximate surface area is 220 Å². The first-order valence-corrected chi connectivity index (χ1v) is 13.3. The molecule has 37 heavy (non-hydrogen) atoms. The molecule has 0 radical (unpaired) electrons. The number of thioether (sulfide) groups is 1. The number of rotatable bonds is 19. The van der Waals surface area contributed by atoms with Crippen molar-refractivity contribution in [1.82, 2.24) is 16.0 Å². The number of aliphatic imine (C=N–C) groups is 1. The molecular weight excluding hydrogens is 506 g/mol. The van der Waals surface area contributed by atoms with Gasteiger partial charge in [0.25, 0.3) is 0 Å². The van der Waals surface area contributed by atoms with E-state index < -0.39 is 60.2 Å². The number of guanidine groups is 1. The summed E-state index contributed by atoms with van der Waals surface area (Å²) in [5.74, 6) is -4.06. The Morgan fingerprint density at radius 2 is 1.41 bits per heavy atom. The van der Waals surface area contributed by atoms with Crippen LogP contribution in [0, 0.1) is 5.92 Å². The lowest BCUT2D eigenvalue weighted by molar-refractivity contribution is -0.143. The van der Waals surface area contributed by atoms with Gasteiger partial charge < -0.3 is 43.4 Å². The number of amides is 3. The minimum Gasteiger partial charge on any atom is -0.481 e. The summed E-state index contributed by atoms with van der Waals surface area (Å²) in [6, 6.07) is -4.45. The van der Waals surface area contributed by atoms with Crippen molar-refractivity contribution in [2.75, 3.05) is 18.6 Å². The van der Waals surface area contributed by atoms with Gasteiger partial charge in [-0.2, -0.15) is 11.8 Å². The number of carbonyl (C=O) groups excluding carboxylic acids is 3. The number of carboxylic acid groups (broad SMARTS) is 2. The highest BCUT2D eigenvalue weighted by Crippen LogP contribution is 2.08. The molecule has 0 rings (SSSR count). The van der Waals surface area contributed by atoms with Gasteiger partial charge in [-0.15, -0.1) is 0 Å². The molecule has 0 aromatic rings. The van der Waals surface area contributed by atoms with Crippen molar-refractivity contribution >= 4 is 47.4 Å². The number of hydrogen-bond donors (Lipinski definition) is 8. The Balaban J connectivity index is 5.58. The van der Waals surface area contributed by atoms with E-state index >= 15 is 0 Å². The van der Waals surface area contributed by atoms with Crippen molar-refractivity contribution in [2.45, 2.75) is 76.5 Å². The average Bonchev–Trinajstić information content (AvgIpc) is 2.79. The van der Waals surface area contributed by atoms with Crippen LogP contribution >= 0.6 is 11.8 Å². The summed E-state index contributed by atoms with van der Waals surface area (Å²) in [6.45, 7) is 4.02. The molecule has 0 aromatic carbocycles. The van der Waals surface area contributed by atoms with Crippen molar-refractivity contribution in [1.29, 1.82) is 0 Å². The molecule has 4 unspecified atom stereocenters. The van der Waals surface area contributed by atoms with Gasteiger partial charge in [-0.3, -0.25) is 24.2 Å². The van der Waals surface area contributed by atoms with E-state index in [4.69, 9.17) is 22.3 Å². The average molecular weight is 548 g/mol. The quantitative estimate of drug-likeness (QED) is 0.0528. The predicted octanol–water partition coefficient (Wildman–Crippen LogP) is -1.43. The number of carboxylic acids is 2. The van der Waals surface area contributed by atoms with E-state index in [1.165, 1.54) is 11.8 Å². The fraction of sp³-hybridized carbons (Fsp3) is 0.727. The third-order valence-corrected chi connectivity index (χ3v) is 5.79. The van der Waals surface area contributed by atoms with Crippen LogP contribution in [0.15, 0.2) is 4.99 Å². The van der Waals surface area contributed by atoms with Gasteiger partial charge in [-0.05, 0) is 50.0 Å². The van der Waals surface area contributed by atoms with E-state index in [9.17, 15) is 29.1 Å². The molecule has 0 spiro atoms. The van der Waals surface area contributed by atoms with E-state index in [-0.39, 0.29) is 37.7 Å². The van der Waals surface area contributed by atoms with Crippen LogP contribution in [-0.4, -0.2) is 88.6 Å². The second-order valence-corrected chi connectivity index (χ2v) is 9.91. The molecular formula is C22H41N7O7S. The maximum atomic E-state index is 13.1. The highest BCUT2D eigenvalue weighted by atomic mass is 32.2. The minimum atomic E-state index is -1.44. The predicted molar refractivity (Wildman–Crippen MR) is 141 cm³/mol. The van der Waals surface area contributed by atoms with Gasteiger partial charge in [-0.25, -0.2) is 4.79 Å². The molecule has 0 bridgehead atoms. The van der Waals surface area contributed by atoms with E-state index in [2.05, 4.69) is 20.9 Å². The molecule has 0 saturated carbocycles. The standard InChI is InChI=1S/C22H41N7O7S/c1-12(2)11-13(23)18(32)27-14(5-4-9-26-22(24)25)19(33)28-15(8-10-37-3)20(34)29-16(21(35)36)6-7-17(30)31/h12-16H,4-11,23H2,1-3H3,(H,27,32)(H,28,33)(H,29,34)(H,30,31)(H,35,36)(H4,24,25,26). The molecule has 0 aromatic heterocycles. The van der Waals surface area contributed by atoms with Crippen LogP contribution in [-0.2, 0) is 24.0 Å². The molecule has 212 valence electrons. The second-order valence-electron chi connectivity index (χ2n) is 8.92. The van der Waals surface area contributed by atoms with Gasteiger partial charge in [-0.1, -0.05) is 13.8 Å². The zero-order valence-electron chi connectivity index (χ0n) is 21.6. The van der Waals surface area contributed by atoms with Crippen LogP contribution in [0.1, 0.15) is 52.4 Å². The topological polar surface area (TPSA) is 252 Å². The van der Waals surface area contributed by atoms with E-state index in [1.807, 2.05) is 13.8 Å². The van der Waals surface area contributed by atoms with Crippen LogP contribution in [0.4, 0.5) is 0 Å². The second kappa shape index (κ2) is 18.2. The van der Waals surface area contributed by atoms with Crippen molar-refractivity contribution in [3.8, 4) is 0 Å². The molecule has 4 atom stereocenters. The van der Waals surface area contributed by atoms with Crippen molar-refractivity contribution < 1.29 is 34.2 Å². The smallest absolute Gasteiger partial charge is 0.326 e. The summed E-state index contributed by atoms with van der Waals surface area (Å²) in [5, 5.41) is 25.7. The van der Waals surface area contributed by atoms with Crippen LogP contribution in [0.25, 0.3) is 0 Å². The number of aliphatic carboxylic acids is 2. The molecule has 3 amide bonds. The Bertz CT molecular complexity index is 806. The third kappa shape index (κ3) is 15.6. The zero-order chi connectivity index (χ0) is 28.5. The highest BCUT2D eigenvalue weighted by Gasteiger charge is 2.30. The van der Waals surface area contributed by atoms with Gasteiger partial charge in [0.15, 0.2) is 5.96 Å². The van der Waals surface area contributed by atoms with E-state index in [0.717, 1.165) is 0 Å². The molecule has 0 aliphatic rings. The molecule has 0 aliphatic heterocycles. The molecule has 0 aliphatic carbocycles. The Hall–Kier alpha value is -3.07. The molecule has 0 heterocycles. The summed E-state index contributed by atoms with van der Waals surface area (Å²) in [6.07, 6.45) is 2.08. The third-order valence-electron chi connectivity index (χ3n) is 5.15. The molecule has 15 heteroatoms. The maximum absolute atomic E-state index is 13.1. The van der Waals surface area contributed by atoms with Crippen LogP contribution < -0.4 is 33.2 Å². The van der Waals surface area contributed by atoms with Gasteiger partial charge >= 0.3 is 11.9 Å². The van der Waals surface area contributed by atoms with Crippen LogP contribution in [0.5, 0.6) is 0 Å². The Kier molecular flexibility index (Phi) is 16.7. The lowest BCUT2D eigenvalue weighted by Crippen LogP contribution is -2.57. The Morgan fingerprint density at radius 3 is 1.89 bits per heavy atom. The van der Waals surface area contributed by atoms with Crippen molar-refractivity contribution in [3.05, 3.63) is 0 Å². The normalized spacial score (nSPS) is 14.1. The van der Waals surface area contributed by atoms with Crippen LogP contribution in [0.3, 0.4) is 0 Å².